The molecule has 0 radical (unpaired) electrons. The molecule has 1 fully saturated rings. The van der Waals surface area contributed by atoms with Gasteiger partial charge >= 0.3 is 0 Å². The molecular weight excluding hydrogens is 366 g/mol. The van der Waals surface area contributed by atoms with Crippen molar-refractivity contribution in [1.82, 2.24) is 19.8 Å². The molecule has 1 aromatic carbocycles. The minimum absolute atomic E-state index is 0.126. The third kappa shape index (κ3) is 3.73. The smallest absolute Gasteiger partial charge is 0.200 e. The zero-order valence-electron chi connectivity index (χ0n) is 15.2. The Balaban J connectivity index is 1.69. The molecule has 1 unspecified atom stereocenters. The molecule has 0 bridgehead atoms. The molecule has 1 aliphatic heterocycles. The SMILES string of the molecule is COc1ccc(-c2cc(N3CCC(CS(C)(=O)=O)C3)c3nncn3n2)cc1. The molecule has 1 saturated heterocycles. The summed E-state index contributed by atoms with van der Waals surface area (Å²) in [6.07, 6.45) is 3.71. The number of hydrogen-bond donors (Lipinski definition) is 0. The molecular formula is C18H21N5O3S. The van der Waals surface area contributed by atoms with E-state index in [0.29, 0.717) is 12.2 Å². The number of ether oxygens (including phenoxy) is 1. The highest BCUT2D eigenvalue weighted by molar-refractivity contribution is 7.90. The van der Waals surface area contributed by atoms with Crippen molar-refractivity contribution in [2.75, 3.05) is 37.1 Å². The molecule has 0 aliphatic carbocycles. The fourth-order valence-electron chi connectivity index (χ4n) is 3.56. The van der Waals surface area contributed by atoms with Crippen molar-refractivity contribution < 1.29 is 13.2 Å². The van der Waals surface area contributed by atoms with Crippen LogP contribution in [0.1, 0.15) is 6.42 Å². The lowest BCUT2D eigenvalue weighted by Crippen LogP contribution is -2.23. The third-order valence-corrected chi connectivity index (χ3v) is 5.88. The first kappa shape index (κ1) is 17.7. The van der Waals surface area contributed by atoms with Crippen molar-refractivity contribution in [1.29, 1.82) is 0 Å². The normalized spacial score (nSPS) is 17.6. The van der Waals surface area contributed by atoms with Gasteiger partial charge in [-0.2, -0.15) is 9.61 Å². The zero-order valence-corrected chi connectivity index (χ0v) is 16.1. The van der Waals surface area contributed by atoms with E-state index in [0.717, 1.165) is 35.7 Å². The fourth-order valence-corrected chi connectivity index (χ4v) is 4.69. The summed E-state index contributed by atoms with van der Waals surface area (Å²) in [6.45, 7) is 1.47. The average molecular weight is 387 g/mol. The Kier molecular flexibility index (Phi) is 4.47. The van der Waals surface area contributed by atoms with Crippen LogP contribution in [0.5, 0.6) is 5.75 Å². The third-order valence-electron chi connectivity index (χ3n) is 4.80. The van der Waals surface area contributed by atoms with Gasteiger partial charge < -0.3 is 9.64 Å². The highest BCUT2D eigenvalue weighted by atomic mass is 32.2. The number of nitrogens with zero attached hydrogens (tertiary/aromatic N) is 5. The quantitative estimate of drug-likeness (QED) is 0.658. The highest BCUT2D eigenvalue weighted by Gasteiger charge is 2.28. The van der Waals surface area contributed by atoms with E-state index in [1.54, 1.807) is 18.0 Å². The summed E-state index contributed by atoms with van der Waals surface area (Å²) >= 11 is 0. The summed E-state index contributed by atoms with van der Waals surface area (Å²) in [5.74, 6) is 1.12. The highest BCUT2D eigenvalue weighted by Crippen LogP contribution is 2.31. The van der Waals surface area contributed by atoms with E-state index in [4.69, 9.17) is 4.74 Å². The summed E-state index contributed by atoms with van der Waals surface area (Å²) in [4.78, 5) is 2.18. The van der Waals surface area contributed by atoms with Gasteiger partial charge in [0, 0.05) is 24.9 Å². The summed E-state index contributed by atoms with van der Waals surface area (Å²) in [7, 11) is -1.35. The van der Waals surface area contributed by atoms with Crippen LogP contribution < -0.4 is 9.64 Å². The number of sulfone groups is 1. The molecule has 3 aromatic rings. The largest absolute Gasteiger partial charge is 0.497 e. The fraction of sp³-hybridized carbons (Fsp3) is 0.389. The molecule has 142 valence electrons. The minimum atomic E-state index is -2.99. The molecule has 2 aromatic heterocycles. The number of benzene rings is 1. The molecule has 3 heterocycles. The Hall–Kier alpha value is -2.68. The van der Waals surface area contributed by atoms with Crippen molar-refractivity contribution in [2.45, 2.75) is 6.42 Å². The summed E-state index contributed by atoms with van der Waals surface area (Å²) < 4.78 is 30.1. The van der Waals surface area contributed by atoms with Gasteiger partial charge in [-0.05, 0) is 42.7 Å². The summed E-state index contributed by atoms with van der Waals surface area (Å²) in [5.41, 5.74) is 3.35. The van der Waals surface area contributed by atoms with Crippen LogP contribution in [0.2, 0.25) is 0 Å². The number of anilines is 1. The van der Waals surface area contributed by atoms with Crippen molar-refractivity contribution in [2.24, 2.45) is 5.92 Å². The lowest BCUT2D eigenvalue weighted by Gasteiger charge is -2.19. The monoisotopic (exact) mass is 387 g/mol. The van der Waals surface area contributed by atoms with E-state index >= 15 is 0 Å². The standard InChI is InChI=1S/C18H21N5O3S/c1-26-15-5-3-14(4-6-15)16-9-17(18-20-19-12-23(18)21-16)22-8-7-13(10-22)11-27(2,24)25/h3-6,9,12-13H,7-8,10-11H2,1-2H3. The second kappa shape index (κ2) is 6.80. The van der Waals surface area contributed by atoms with Gasteiger partial charge in [-0.1, -0.05) is 0 Å². The maximum Gasteiger partial charge on any atom is 0.200 e. The first-order valence-corrected chi connectivity index (χ1v) is 10.8. The van der Waals surface area contributed by atoms with Gasteiger partial charge in [0.25, 0.3) is 0 Å². The van der Waals surface area contributed by atoms with Crippen molar-refractivity contribution in [3.63, 3.8) is 0 Å². The summed E-state index contributed by atoms with van der Waals surface area (Å²) in [6, 6.07) is 9.69. The summed E-state index contributed by atoms with van der Waals surface area (Å²) in [5, 5.41) is 12.8. The first-order chi connectivity index (χ1) is 12.9. The predicted molar refractivity (Wildman–Crippen MR) is 103 cm³/mol. The van der Waals surface area contributed by atoms with E-state index < -0.39 is 9.84 Å². The number of fused-ring (bicyclic) bond motifs is 1. The minimum Gasteiger partial charge on any atom is -0.497 e. The zero-order chi connectivity index (χ0) is 19.0. The molecule has 4 rings (SSSR count). The number of methoxy groups -OCH3 is 1. The number of rotatable bonds is 5. The Labute approximate surface area is 157 Å². The van der Waals surface area contributed by atoms with E-state index in [1.165, 1.54) is 6.26 Å². The maximum atomic E-state index is 11.6. The Morgan fingerprint density at radius 2 is 2.04 bits per heavy atom. The van der Waals surface area contributed by atoms with Crippen LogP contribution in [0.15, 0.2) is 36.7 Å². The van der Waals surface area contributed by atoms with Crippen molar-refractivity contribution in [3.05, 3.63) is 36.7 Å². The van der Waals surface area contributed by atoms with Crippen LogP contribution in [0, 0.1) is 5.92 Å². The molecule has 1 atom stereocenters. The second-order valence-electron chi connectivity index (χ2n) is 6.94. The number of aromatic nitrogens is 4. The van der Waals surface area contributed by atoms with E-state index in [-0.39, 0.29) is 11.7 Å². The van der Waals surface area contributed by atoms with Crippen LogP contribution in [0.4, 0.5) is 5.69 Å². The average Bonchev–Trinajstić information content (AvgIpc) is 3.28. The Morgan fingerprint density at radius 1 is 1.26 bits per heavy atom. The van der Waals surface area contributed by atoms with Gasteiger partial charge in [0.05, 0.1) is 24.2 Å². The van der Waals surface area contributed by atoms with Crippen LogP contribution in [-0.4, -0.2) is 60.4 Å². The van der Waals surface area contributed by atoms with E-state index in [9.17, 15) is 8.42 Å². The molecule has 1 aliphatic rings. The van der Waals surface area contributed by atoms with Gasteiger partial charge in [-0.3, -0.25) is 0 Å². The molecule has 0 N–H and O–H groups in total. The van der Waals surface area contributed by atoms with Crippen LogP contribution in [0.3, 0.4) is 0 Å². The molecule has 0 saturated carbocycles. The molecule has 9 heteroatoms. The van der Waals surface area contributed by atoms with Crippen molar-refractivity contribution >= 4 is 21.2 Å². The van der Waals surface area contributed by atoms with E-state index in [1.807, 2.05) is 30.3 Å². The van der Waals surface area contributed by atoms with Crippen molar-refractivity contribution in [3.8, 4) is 17.0 Å². The maximum absolute atomic E-state index is 11.6. The van der Waals surface area contributed by atoms with Gasteiger partial charge in [-0.25, -0.2) is 8.42 Å². The molecule has 27 heavy (non-hydrogen) atoms. The van der Waals surface area contributed by atoms with Gasteiger partial charge in [0.1, 0.15) is 21.9 Å². The van der Waals surface area contributed by atoms with Crippen LogP contribution in [-0.2, 0) is 9.84 Å². The topological polar surface area (TPSA) is 89.7 Å². The van der Waals surface area contributed by atoms with Crippen LogP contribution >= 0.6 is 0 Å². The second-order valence-corrected chi connectivity index (χ2v) is 9.12. The lowest BCUT2D eigenvalue weighted by atomic mass is 10.1. The lowest BCUT2D eigenvalue weighted by molar-refractivity contribution is 0.415. The Morgan fingerprint density at radius 3 is 2.74 bits per heavy atom. The van der Waals surface area contributed by atoms with Gasteiger partial charge in [0.15, 0.2) is 0 Å². The number of hydrogen-bond acceptors (Lipinski definition) is 7. The van der Waals surface area contributed by atoms with Crippen LogP contribution in [0.25, 0.3) is 16.9 Å². The Bertz CT molecular complexity index is 1060. The van der Waals surface area contributed by atoms with Gasteiger partial charge in [-0.15, -0.1) is 10.2 Å². The predicted octanol–water partition coefficient (Wildman–Crippen LogP) is 1.67. The molecule has 8 nitrogen and oxygen atoms in total. The van der Waals surface area contributed by atoms with E-state index in [2.05, 4.69) is 20.2 Å². The molecule has 0 spiro atoms. The molecule has 0 amide bonds. The first-order valence-electron chi connectivity index (χ1n) is 8.71. The van der Waals surface area contributed by atoms with Gasteiger partial charge in [0.2, 0.25) is 5.65 Å².